The van der Waals surface area contributed by atoms with Gasteiger partial charge in [0.15, 0.2) is 0 Å². The van der Waals surface area contributed by atoms with E-state index in [-0.39, 0.29) is 0 Å². The molecule has 0 aromatic heterocycles. The fourth-order valence-corrected chi connectivity index (χ4v) is 1.87. The van der Waals surface area contributed by atoms with Crippen LogP contribution in [0.5, 0.6) is 0 Å². The molecule has 0 aliphatic carbocycles. The van der Waals surface area contributed by atoms with Crippen LogP contribution in [0.25, 0.3) is 0 Å². The van der Waals surface area contributed by atoms with Crippen LogP contribution >= 0.6 is 0 Å². The molecule has 0 fully saturated rings. The Morgan fingerprint density at radius 1 is 1.22 bits per heavy atom. The summed E-state index contributed by atoms with van der Waals surface area (Å²) in [5.41, 5.74) is 2.62. The number of benzene rings is 1. The van der Waals surface area contributed by atoms with Crippen LogP contribution in [0, 0.1) is 5.92 Å². The average molecular weight is 242 g/mol. The molecule has 0 spiro atoms. The first-order chi connectivity index (χ1) is 8.72. The van der Waals surface area contributed by atoms with Crippen molar-refractivity contribution in [1.29, 1.82) is 0 Å². The van der Waals surface area contributed by atoms with E-state index in [2.05, 4.69) is 56.3 Å². The summed E-state index contributed by atoms with van der Waals surface area (Å²) in [5, 5.41) is 0. The first-order valence-corrected chi connectivity index (χ1v) is 6.51. The number of rotatable bonds is 7. The van der Waals surface area contributed by atoms with Crippen molar-refractivity contribution in [3.8, 4) is 0 Å². The van der Waals surface area contributed by atoms with Crippen molar-refractivity contribution in [2.75, 3.05) is 0 Å². The fourth-order valence-electron chi connectivity index (χ4n) is 1.87. The minimum Gasteiger partial charge on any atom is -0.303 e. The average Bonchev–Trinajstić information content (AvgIpc) is 2.36. The first kappa shape index (κ1) is 14.4. The highest BCUT2D eigenvalue weighted by molar-refractivity contribution is 5.49. The SMILES string of the molecule is CC(C)=C/C=C/C(CCC=O)Cc1ccccc1. The van der Waals surface area contributed by atoms with Crippen LogP contribution < -0.4 is 0 Å². The van der Waals surface area contributed by atoms with Gasteiger partial charge in [-0.3, -0.25) is 0 Å². The predicted octanol–water partition coefficient (Wildman–Crippen LogP) is 4.35. The van der Waals surface area contributed by atoms with Crippen molar-refractivity contribution in [2.24, 2.45) is 5.92 Å². The minimum atomic E-state index is 0.438. The highest BCUT2D eigenvalue weighted by atomic mass is 16.1. The summed E-state index contributed by atoms with van der Waals surface area (Å²) in [7, 11) is 0. The Kier molecular flexibility index (Phi) is 6.78. The molecule has 1 heteroatoms. The summed E-state index contributed by atoms with van der Waals surface area (Å²) in [6.45, 7) is 4.17. The Labute approximate surface area is 110 Å². The Morgan fingerprint density at radius 2 is 1.94 bits per heavy atom. The fraction of sp³-hybridized carbons (Fsp3) is 0.353. The van der Waals surface area contributed by atoms with Crippen LogP contribution in [0.1, 0.15) is 32.3 Å². The maximum atomic E-state index is 10.5. The van der Waals surface area contributed by atoms with Gasteiger partial charge in [0, 0.05) is 6.42 Å². The van der Waals surface area contributed by atoms with E-state index < -0.39 is 0 Å². The van der Waals surface area contributed by atoms with Gasteiger partial charge in [0.1, 0.15) is 6.29 Å². The summed E-state index contributed by atoms with van der Waals surface area (Å²) >= 11 is 0. The highest BCUT2D eigenvalue weighted by Crippen LogP contribution is 2.15. The third kappa shape index (κ3) is 6.19. The molecule has 0 aliphatic heterocycles. The Bertz CT molecular complexity index is 397. The van der Waals surface area contributed by atoms with Crippen molar-refractivity contribution in [1.82, 2.24) is 0 Å². The zero-order valence-corrected chi connectivity index (χ0v) is 11.3. The molecule has 0 saturated carbocycles. The maximum absolute atomic E-state index is 10.5. The molecular formula is C17H22O. The molecule has 0 radical (unpaired) electrons. The summed E-state index contributed by atoms with van der Waals surface area (Å²) in [5.74, 6) is 0.438. The van der Waals surface area contributed by atoms with Gasteiger partial charge >= 0.3 is 0 Å². The molecule has 0 heterocycles. The second-order valence-corrected chi connectivity index (χ2v) is 4.82. The standard InChI is InChI=1S/C17H22O/c1-15(2)8-6-11-17(12-7-13-18)14-16-9-4-3-5-10-16/h3-6,8-11,13,17H,7,12,14H2,1-2H3/b11-6+. The topological polar surface area (TPSA) is 17.1 Å². The highest BCUT2D eigenvalue weighted by Gasteiger charge is 2.05. The lowest BCUT2D eigenvalue weighted by molar-refractivity contribution is -0.108. The van der Waals surface area contributed by atoms with Gasteiger partial charge in [0.2, 0.25) is 0 Å². The van der Waals surface area contributed by atoms with E-state index in [4.69, 9.17) is 0 Å². The molecule has 0 bridgehead atoms. The second kappa shape index (κ2) is 8.46. The van der Waals surface area contributed by atoms with Gasteiger partial charge in [-0.15, -0.1) is 0 Å². The summed E-state index contributed by atoms with van der Waals surface area (Å²) in [4.78, 5) is 10.5. The number of hydrogen-bond acceptors (Lipinski definition) is 1. The van der Waals surface area contributed by atoms with E-state index in [9.17, 15) is 4.79 Å². The lowest BCUT2D eigenvalue weighted by atomic mass is 9.94. The van der Waals surface area contributed by atoms with Crippen LogP contribution in [0.4, 0.5) is 0 Å². The molecule has 1 rings (SSSR count). The molecule has 1 aromatic rings. The second-order valence-electron chi connectivity index (χ2n) is 4.82. The molecule has 18 heavy (non-hydrogen) atoms. The minimum absolute atomic E-state index is 0.438. The van der Waals surface area contributed by atoms with Crippen molar-refractivity contribution in [2.45, 2.75) is 33.1 Å². The molecule has 0 aliphatic rings. The van der Waals surface area contributed by atoms with Crippen molar-refractivity contribution in [3.63, 3.8) is 0 Å². The number of allylic oxidation sites excluding steroid dienone is 4. The van der Waals surface area contributed by atoms with Gasteiger partial charge in [0.25, 0.3) is 0 Å². The van der Waals surface area contributed by atoms with E-state index in [1.54, 1.807) is 0 Å². The van der Waals surface area contributed by atoms with E-state index in [1.165, 1.54) is 11.1 Å². The van der Waals surface area contributed by atoms with E-state index in [0.29, 0.717) is 12.3 Å². The summed E-state index contributed by atoms with van der Waals surface area (Å²) in [6.07, 6.45) is 9.99. The van der Waals surface area contributed by atoms with Gasteiger partial charge in [-0.1, -0.05) is 54.1 Å². The monoisotopic (exact) mass is 242 g/mol. The predicted molar refractivity (Wildman–Crippen MR) is 77.5 cm³/mol. The van der Waals surface area contributed by atoms with Crippen LogP contribution in [0.2, 0.25) is 0 Å². The number of carbonyl (C=O) groups excluding carboxylic acids is 1. The van der Waals surface area contributed by atoms with Gasteiger partial charge in [-0.25, -0.2) is 0 Å². The molecule has 1 atom stereocenters. The lowest BCUT2D eigenvalue weighted by Crippen LogP contribution is -2.01. The van der Waals surface area contributed by atoms with Gasteiger partial charge < -0.3 is 4.79 Å². The quantitative estimate of drug-likeness (QED) is 0.513. The number of hydrogen-bond donors (Lipinski definition) is 0. The summed E-state index contributed by atoms with van der Waals surface area (Å²) < 4.78 is 0. The van der Waals surface area contributed by atoms with Crippen molar-refractivity contribution < 1.29 is 4.79 Å². The van der Waals surface area contributed by atoms with Crippen LogP contribution in [-0.2, 0) is 11.2 Å². The third-order valence-corrected chi connectivity index (χ3v) is 2.81. The van der Waals surface area contributed by atoms with Gasteiger partial charge in [0.05, 0.1) is 0 Å². The largest absolute Gasteiger partial charge is 0.303 e. The van der Waals surface area contributed by atoms with E-state index in [1.807, 2.05) is 6.07 Å². The van der Waals surface area contributed by atoms with Crippen LogP contribution in [-0.4, -0.2) is 6.29 Å². The van der Waals surface area contributed by atoms with Gasteiger partial charge in [-0.05, 0) is 38.2 Å². The first-order valence-electron chi connectivity index (χ1n) is 6.51. The number of aldehydes is 1. The zero-order chi connectivity index (χ0) is 13.2. The molecule has 1 aromatic carbocycles. The molecule has 0 N–H and O–H groups in total. The summed E-state index contributed by atoms with van der Waals surface area (Å²) in [6, 6.07) is 10.4. The van der Waals surface area contributed by atoms with E-state index in [0.717, 1.165) is 19.1 Å². The van der Waals surface area contributed by atoms with E-state index >= 15 is 0 Å². The molecule has 0 saturated heterocycles. The number of carbonyl (C=O) groups is 1. The van der Waals surface area contributed by atoms with Crippen LogP contribution in [0.15, 0.2) is 54.1 Å². The molecular weight excluding hydrogens is 220 g/mol. The normalized spacial score (nSPS) is 12.3. The smallest absolute Gasteiger partial charge is 0.120 e. The molecule has 96 valence electrons. The van der Waals surface area contributed by atoms with Crippen molar-refractivity contribution in [3.05, 3.63) is 59.7 Å². The maximum Gasteiger partial charge on any atom is 0.120 e. The Morgan fingerprint density at radius 3 is 2.56 bits per heavy atom. The Hall–Kier alpha value is -1.63. The molecule has 1 nitrogen and oxygen atoms in total. The third-order valence-electron chi connectivity index (χ3n) is 2.81. The Balaban J connectivity index is 2.63. The van der Waals surface area contributed by atoms with Gasteiger partial charge in [-0.2, -0.15) is 0 Å². The zero-order valence-electron chi connectivity index (χ0n) is 11.3. The lowest BCUT2D eigenvalue weighted by Gasteiger charge is -2.11. The van der Waals surface area contributed by atoms with Crippen molar-refractivity contribution >= 4 is 6.29 Å². The molecule has 0 amide bonds. The molecule has 1 unspecified atom stereocenters. The van der Waals surface area contributed by atoms with Crippen LogP contribution in [0.3, 0.4) is 0 Å².